The van der Waals surface area contributed by atoms with E-state index in [0.717, 1.165) is 27.7 Å². The summed E-state index contributed by atoms with van der Waals surface area (Å²) in [5, 5.41) is 10.7. The maximum Gasteiger partial charge on any atom is 0.249 e. The van der Waals surface area contributed by atoms with Gasteiger partial charge in [0, 0.05) is 11.1 Å². The molecule has 0 unspecified atom stereocenters. The molecule has 1 amide bonds. The van der Waals surface area contributed by atoms with E-state index < -0.39 is 5.91 Å². The Bertz CT molecular complexity index is 776. The Labute approximate surface area is 109 Å². The lowest BCUT2D eigenvalue weighted by molar-refractivity contribution is 0.100. The standard InChI is InChI=1S/C14H12N4O/c1-8-5-6-9(11(7-8)14(15)19)10-3-2-4-12-13(10)17-18-16-12/h2-7H,1H3,(H2,15,19)(H,16,17,18). The number of nitrogens with zero attached hydrogens (tertiary/aromatic N) is 2. The summed E-state index contributed by atoms with van der Waals surface area (Å²) in [7, 11) is 0. The molecule has 0 bridgehead atoms. The number of nitrogens with one attached hydrogen (secondary N) is 1. The van der Waals surface area contributed by atoms with Crippen molar-refractivity contribution < 1.29 is 4.79 Å². The van der Waals surface area contributed by atoms with Gasteiger partial charge < -0.3 is 5.73 Å². The number of fused-ring (bicyclic) bond motifs is 1. The van der Waals surface area contributed by atoms with E-state index >= 15 is 0 Å². The molecule has 0 aliphatic heterocycles. The molecule has 2 aromatic carbocycles. The predicted molar refractivity (Wildman–Crippen MR) is 72.6 cm³/mol. The number of aromatic nitrogens is 3. The fraction of sp³-hybridized carbons (Fsp3) is 0.0714. The summed E-state index contributed by atoms with van der Waals surface area (Å²) in [4.78, 5) is 11.6. The van der Waals surface area contributed by atoms with E-state index in [2.05, 4.69) is 15.4 Å². The summed E-state index contributed by atoms with van der Waals surface area (Å²) in [5.41, 5.74) is 10.1. The Hall–Kier alpha value is -2.69. The largest absolute Gasteiger partial charge is 0.366 e. The van der Waals surface area contributed by atoms with Crippen LogP contribution in [0.5, 0.6) is 0 Å². The summed E-state index contributed by atoms with van der Waals surface area (Å²) in [6.45, 7) is 1.92. The summed E-state index contributed by atoms with van der Waals surface area (Å²) in [5.74, 6) is -0.445. The van der Waals surface area contributed by atoms with Gasteiger partial charge in [0.2, 0.25) is 5.91 Å². The van der Waals surface area contributed by atoms with Gasteiger partial charge in [0.15, 0.2) is 0 Å². The third kappa shape index (κ3) is 1.85. The average Bonchev–Trinajstić information content (AvgIpc) is 2.86. The van der Waals surface area contributed by atoms with E-state index in [9.17, 15) is 4.79 Å². The summed E-state index contributed by atoms with van der Waals surface area (Å²) >= 11 is 0. The number of aryl methyl sites for hydroxylation is 1. The molecule has 0 saturated carbocycles. The second kappa shape index (κ2) is 4.20. The molecule has 0 radical (unpaired) electrons. The van der Waals surface area contributed by atoms with Gasteiger partial charge in [-0.1, -0.05) is 35.0 Å². The molecule has 0 fully saturated rings. The van der Waals surface area contributed by atoms with Crippen molar-refractivity contribution in [3.8, 4) is 11.1 Å². The van der Waals surface area contributed by atoms with E-state index in [1.807, 2.05) is 37.3 Å². The van der Waals surface area contributed by atoms with Crippen molar-refractivity contribution in [1.29, 1.82) is 0 Å². The molecule has 3 rings (SSSR count). The molecule has 5 nitrogen and oxygen atoms in total. The third-order valence-corrected chi connectivity index (χ3v) is 3.09. The van der Waals surface area contributed by atoms with Crippen molar-refractivity contribution in [2.24, 2.45) is 5.73 Å². The molecule has 5 heteroatoms. The third-order valence-electron chi connectivity index (χ3n) is 3.09. The highest BCUT2D eigenvalue weighted by Gasteiger charge is 2.14. The van der Waals surface area contributed by atoms with Crippen molar-refractivity contribution in [2.75, 3.05) is 0 Å². The molecule has 0 aliphatic carbocycles. The highest BCUT2D eigenvalue weighted by molar-refractivity contribution is 6.03. The molecule has 3 aromatic rings. The molecule has 94 valence electrons. The molecule has 0 aliphatic rings. The van der Waals surface area contributed by atoms with E-state index in [-0.39, 0.29) is 0 Å². The van der Waals surface area contributed by atoms with Crippen LogP contribution in [0.3, 0.4) is 0 Å². The summed E-state index contributed by atoms with van der Waals surface area (Å²) < 4.78 is 0. The maximum absolute atomic E-state index is 11.6. The number of H-pyrrole nitrogens is 1. The van der Waals surface area contributed by atoms with Crippen LogP contribution in [0.15, 0.2) is 36.4 Å². The lowest BCUT2D eigenvalue weighted by Gasteiger charge is -2.08. The summed E-state index contributed by atoms with van der Waals surface area (Å²) in [6.07, 6.45) is 0. The van der Waals surface area contributed by atoms with Crippen molar-refractivity contribution in [2.45, 2.75) is 6.92 Å². The van der Waals surface area contributed by atoms with Gasteiger partial charge in [-0.05, 0) is 24.6 Å². The first-order valence-electron chi connectivity index (χ1n) is 5.87. The van der Waals surface area contributed by atoms with Crippen LogP contribution >= 0.6 is 0 Å². The first-order valence-corrected chi connectivity index (χ1v) is 5.87. The molecule has 19 heavy (non-hydrogen) atoms. The Morgan fingerprint density at radius 2 is 2.05 bits per heavy atom. The number of nitrogens with two attached hydrogens (primary N) is 1. The van der Waals surface area contributed by atoms with E-state index in [1.165, 1.54) is 0 Å². The van der Waals surface area contributed by atoms with Gasteiger partial charge >= 0.3 is 0 Å². The highest BCUT2D eigenvalue weighted by Crippen LogP contribution is 2.29. The molecule has 0 atom stereocenters. The monoisotopic (exact) mass is 252 g/mol. The van der Waals surface area contributed by atoms with E-state index in [4.69, 9.17) is 5.73 Å². The van der Waals surface area contributed by atoms with Crippen LogP contribution in [-0.4, -0.2) is 21.3 Å². The second-order valence-corrected chi connectivity index (χ2v) is 4.43. The number of hydrogen-bond acceptors (Lipinski definition) is 3. The number of hydrogen-bond donors (Lipinski definition) is 2. The molecule has 3 N–H and O–H groups in total. The average molecular weight is 252 g/mol. The Balaban J connectivity index is 2.33. The van der Waals surface area contributed by atoms with Crippen molar-refractivity contribution in [1.82, 2.24) is 15.4 Å². The van der Waals surface area contributed by atoms with Gasteiger partial charge in [0.05, 0.1) is 5.52 Å². The number of carbonyl (C=O) groups is 1. The molecule has 1 heterocycles. The van der Waals surface area contributed by atoms with Gasteiger partial charge in [-0.2, -0.15) is 0 Å². The van der Waals surface area contributed by atoms with Gasteiger partial charge in [-0.15, -0.1) is 5.10 Å². The van der Waals surface area contributed by atoms with Crippen LogP contribution < -0.4 is 5.73 Å². The van der Waals surface area contributed by atoms with Gasteiger partial charge in [0.25, 0.3) is 0 Å². The van der Waals surface area contributed by atoms with Crippen LogP contribution in [0.25, 0.3) is 22.2 Å². The normalized spacial score (nSPS) is 10.8. The lowest BCUT2D eigenvalue weighted by atomic mass is 9.96. The SMILES string of the molecule is Cc1ccc(-c2cccc3[nH]nnc23)c(C(N)=O)c1. The zero-order valence-corrected chi connectivity index (χ0v) is 10.3. The van der Waals surface area contributed by atoms with Gasteiger partial charge in [-0.25, -0.2) is 0 Å². The zero-order valence-electron chi connectivity index (χ0n) is 10.3. The number of rotatable bonds is 2. The minimum absolute atomic E-state index is 0.445. The Morgan fingerprint density at radius 3 is 2.84 bits per heavy atom. The minimum Gasteiger partial charge on any atom is -0.366 e. The Kier molecular flexibility index (Phi) is 2.52. The maximum atomic E-state index is 11.6. The van der Waals surface area contributed by atoms with Crippen LogP contribution in [0.1, 0.15) is 15.9 Å². The molecule has 1 aromatic heterocycles. The smallest absolute Gasteiger partial charge is 0.249 e. The molecular weight excluding hydrogens is 240 g/mol. The van der Waals surface area contributed by atoms with Crippen molar-refractivity contribution in [3.05, 3.63) is 47.5 Å². The number of benzene rings is 2. The summed E-state index contributed by atoms with van der Waals surface area (Å²) in [6, 6.07) is 11.3. The fourth-order valence-electron chi connectivity index (χ4n) is 2.18. The Morgan fingerprint density at radius 1 is 1.21 bits per heavy atom. The van der Waals surface area contributed by atoms with Crippen LogP contribution in [0, 0.1) is 6.92 Å². The highest BCUT2D eigenvalue weighted by atomic mass is 16.1. The first kappa shape index (κ1) is 11.4. The number of carbonyl (C=O) groups excluding carboxylic acids is 1. The lowest BCUT2D eigenvalue weighted by Crippen LogP contribution is -2.12. The molecule has 0 spiro atoms. The quantitative estimate of drug-likeness (QED) is 0.731. The number of primary amides is 1. The van der Waals surface area contributed by atoms with Gasteiger partial charge in [0.1, 0.15) is 5.52 Å². The van der Waals surface area contributed by atoms with E-state index in [1.54, 1.807) is 6.07 Å². The van der Waals surface area contributed by atoms with Gasteiger partial charge in [-0.3, -0.25) is 9.89 Å². The number of amides is 1. The van der Waals surface area contributed by atoms with Crippen molar-refractivity contribution >= 4 is 16.9 Å². The van der Waals surface area contributed by atoms with Crippen LogP contribution in [0.2, 0.25) is 0 Å². The molecular formula is C14H12N4O. The fourth-order valence-corrected chi connectivity index (χ4v) is 2.18. The topological polar surface area (TPSA) is 84.7 Å². The number of aromatic amines is 1. The van der Waals surface area contributed by atoms with E-state index in [0.29, 0.717) is 5.56 Å². The van der Waals surface area contributed by atoms with Crippen molar-refractivity contribution in [3.63, 3.8) is 0 Å². The predicted octanol–water partition coefficient (Wildman–Crippen LogP) is 2.03. The minimum atomic E-state index is -0.445. The second-order valence-electron chi connectivity index (χ2n) is 4.43. The zero-order chi connectivity index (χ0) is 13.4. The van der Waals surface area contributed by atoms with Crippen LogP contribution in [-0.2, 0) is 0 Å². The first-order chi connectivity index (χ1) is 9.16. The van der Waals surface area contributed by atoms with Crippen LogP contribution in [0.4, 0.5) is 0 Å². The molecule has 0 saturated heterocycles.